The Morgan fingerprint density at radius 2 is 2.17 bits per heavy atom. The van der Waals surface area contributed by atoms with Crippen molar-refractivity contribution >= 4 is 23.1 Å². The zero-order valence-electron chi connectivity index (χ0n) is 15.5. The number of hydrogen-bond acceptors (Lipinski definition) is 7. The Bertz CT molecular complexity index is 1090. The third kappa shape index (κ3) is 3.35. The number of aliphatic hydroxyl groups is 1. The SMILES string of the molecule is CCOC(=O)c1c(N)nn2cnc(N3C[C@@H](O)CC3c3cc(F)ccc3F)cc12. The van der Waals surface area contributed by atoms with Crippen LogP contribution in [-0.4, -0.2) is 44.9 Å². The number of fused-ring (bicyclic) bond motifs is 1. The molecular formula is C19H19F2N5O3. The smallest absolute Gasteiger partial charge is 0.344 e. The number of β-amino-alcohol motifs (C(OH)–C–C–N with tert-alkyl or cyclic N) is 1. The molecule has 1 saturated heterocycles. The fourth-order valence-electron chi connectivity index (χ4n) is 3.67. The van der Waals surface area contributed by atoms with Crippen molar-refractivity contribution in [2.24, 2.45) is 0 Å². The standard InChI is InChI=1S/C19H19F2N5O3/c1-2-29-19(28)17-15-7-16(23-9-26(15)24-18(17)22)25-8-11(27)6-14(25)12-5-10(20)3-4-13(12)21/h3-5,7,9,11,14,27H,2,6,8H2,1H3,(H2,22,24)/t11-,14?/m0/s1. The van der Waals surface area contributed by atoms with E-state index in [1.54, 1.807) is 17.9 Å². The summed E-state index contributed by atoms with van der Waals surface area (Å²) in [6, 6.07) is 4.16. The number of anilines is 2. The van der Waals surface area contributed by atoms with Crippen molar-refractivity contribution < 1.29 is 23.4 Å². The molecule has 0 bridgehead atoms. The monoisotopic (exact) mass is 403 g/mol. The zero-order valence-corrected chi connectivity index (χ0v) is 15.5. The van der Waals surface area contributed by atoms with Gasteiger partial charge in [0.05, 0.1) is 24.3 Å². The van der Waals surface area contributed by atoms with Crippen molar-refractivity contribution in [3.63, 3.8) is 0 Å². The Morgan fingerprint density at radius 3 is 2.93 bits per heavy atom. The maximum atomic E-state index is 14.4. The molecule has 2 aromatic heterocycles. The van der Waals surface area contributed by atoms with E-state index in [1.807, 2.05) is 0 Å². The van der Waals surface area contributed by atoms with Gasteiger partial charge in [-0.3, -0.25) is 0 Å². The predicted octanol–water partition coefficient (Wildman–Crippen LogP) is 2.08. The molecule has 8 nitrogen and oxygen atoms in total. The van der Waals surface area contributed by atoms with Crippen LogP contribution in [0.3, 0.4) is 0 Å². The van der Waals surface area contributed by atoms with Gasteiger partial charge in [-0.1, -0.05) is 0 Å². The molecule has 3 heterocycles. The first kappa shape index (κ1) is 19.1. The molecule has 0 saturated carbocycles. The number of nitrogens with two attached hydrogens (primary N) is 1. The first-order valence-electron chi connectivity index (χ1n) is 9.09. The number of halogens is 2. The van der Waals surface area contributed by atoms with Crippen molar-refractivity contribution in [1.29, 1.82) is 0 Å². The first-order chi connectivity index (χ1) is 13.9. The second-order valence-electron chi connectivity index (χ2n) is 6.78. The van der Waals surface area contributed by atoms with E-state index in [1.165, 1.54) is 10.8 Å². The Kier molecular flexibility index (Phi) is 4.79. The van der Waals surface area contributed by atoms with Crippen LogP contribution in [0.1, 0.15) is 35.3 Å². The van der Waals surface area contributed by atoms with Gasteiger partial charge in [0, 0.05) is 18.2 Å². The molecule has 1 unspecified atom stereocenters. The number of benzene rings is 1. The predicted molar refractivity (Wildman–Crippen MR) is 100 cm³/mol. The number of aliphatic hydroxyl groups excluding tert-OH is 1. The summed E-state index contributed by atoms with van der Waals surface area (Å²) >= 11 is 0. The largest absolute Gasteiger partial charge is 0.462 e. The number of nitrogens with zero attached hydrogens (tertiary/aromatic N) is 4. The van der Waals surface area contributed by atoms with Gasteiger partial charge in [0.1, 0.15) is 29.3 Å². The summed E-state index contributed by atoms with van der Waals surface area (Å²) in [4.78, 5) is 18.2. The van der Waals surface area contributed by atoms with Crippen molar-refractivity contribution in [2.75, 3.05) is 23.8 Å². The number of nitrogen functional groups attached to an aromatic ring is 1. The Hall–Kier alpha value is -3.27. The quantitative estimate of drug-likeness (QED) is 0.643. The molecule has 1 fully saturated rings. The molecular weight excluding hydrogens is 384 g/mol. The third-order valence-corrected chi connectivity index (χ3v) is 4.91. The van der Waals surface area contributed by atoms with Crippen LogP contribution < -0.4 is 10.6 Å². The van der Waals surface area contributed by atoms with E-state index in [2.05, 4.69) is 10.1 Å². The fourth-order valence-corrected chi connectivity index (χ4v) is 3.67. The van der Waals surface area contributed by atoms with E-state index in [9.17, 15) is 18.7 Å². The van der Waals surface area contributed by atoms with Gasteiger partial charge < -0.3 is 20.5 Å². The number of aromatic nitrogens is 3. The molecule has 1 aliphatic rings. The summed E-state index contributed by atoms with van der Waals surface area (Å²) in [6.07, 6.45) is 0.826. The minimum Gasteiger partial charge on any atom is -0.462 e. The lowest BCUT2D eigenvalue weighted by molar-refractivity contribution is 0.0530. The van der Waals surface area contributed by atoms with Crippen molar-refractivity contribution in [3.8, 4) is 0 Å². The minimum absolute atomic E-state index is 0.00317. The number of carbonyl (C=O) groups is 1. The number of carbonyl (C=O) groups excluding carboxylic acids is 1. The van der Waals surface area contributed by atoms with Gasteiger partial charge in [-0.05, 0) is 31.5 Å². The highest BCUT2D eigenvalue weighted by Gasteiger charge is 2.35. The molecule has 0 aliphatic carbocycles. The van der Waals surface area contributed by atoms with Crippen molar-refractivity contribution in [2.45, 2.75) is 25.5 Å². The average Bonchev–Trinajstić information content (AvgIpc) is 3.22. The van der Waals surface area contributed by atoms with E-state index in [-0.39, 0.29) is 36.5 Å². The van der Waals surface area contributed by atoms with Gasteiger partial charge in [-0.15, -0.1) is 5.10 Å². The van der Waals surface area contributed by atoms with Crippen LogP contribution in [0, 0.1) is 11.6 Å². The lowest BCUT2D eigenvalue weighted by Gasteiger charge is -2.26. The summed E-state index contributed by atoms with van der Waals surface area (Å²) < 4.78 is 34.5. The Balaban J connectivity index is 1.79. The topological polar surface area (TPSA) is 106 Å². The van der Waals surface area contributed by atoms with Crippen LogP contribution >= 0.6 is 0 Å². The average molecular weight is 403 g/mol. The van der Waals surface area contributed by atoms with Gasteiger partial charge in [0.2, 0.25) is 0 Å². The molecule has 0 radical (unpaired) electrons. The molecule has 10 heteroatoms. The summed E-state index contributed by atoms with van der Waals surface area (Å²) in [5.41, 5.74) is 6.45. The van der Waals surface area contributed by atoms with E-state index < -0.39 is 29.7 Å². The van der Waals surface area contributed by atoms with Crippen LogP contribution in [-0.2, 0) is 4.74 Å². The summed E-state index contributed by atoms with van der Waals surface area (Å²) in [5, 5.41) is 14.2. The fraction of sp³-hybridized carbons (Fsp3) is 0.316. The molecule has 29 heavy (non-hydrogen) atoms. The maximum Gasteiger partial charge on any atom is 0.344 e. The summed E-state index contributed by atoms with van der Waals surface area (Å²) in [5.74, 6) is -1.40. The van der Waals surface area contributed by atoms with E-state index in [0.29, 0.717) is 11.3 Å². The van der Waals surface area contributed by atoms with Gasteiger partial charge >= 0.3 is 5.97 Å². The highest BCUT2D eigenvalue weighted by molar-refractivity contribution is 6.02. The number of ether oxygens (including phenoxy) is 1. The molecule has 0 spiro atoms. The Morgan fingerprint density at radius 1 is 1.38 bits per heavy atom. The lowest BCUT2D eigenvalue weighted by atomic mass is 10.0. The second kappa shape index (κ2) is 7.28. The lowest BCUT2D eigenvalue weighted by Crippen LogP contribution is -2.26. The van der Waals surface area contributed by atoms with Gasteiger partial charge in [-0.25, -0.2) is 23.1 Å². The number of hydrogen-bond donors (Lipinski definition) is 2. The second-order valence-corrected chi connectivity index (χ2v) is 6.78. The van der Waals surface area contributed by atoms with Crippen LogP contribution in [0.4, 0.5) is 20.4 Å². The molecule has 3 N–H and O–H groups in total. The van der Waals surface area contributed by atoms with Gasteiger partial charge in [0.25, 0.3) is 0 Å². The van der Waals surface area contributed by atoms with Crippen LogP contribution in [0.25, 0.3) is 5.52 Å². The van der Waals surface area contributed by atoms with E-state index in [4.69, 9.17) is 10.5 Å². The highest BCUT2D eigenvalue weighted by atomic mass is 19.1. The zero-order chi connectivity index (χ0) is 20.7. The Labute approximate surface area is 164 Å². The van der Waals surface area contributed by atoms with Crippen LogP contribution in [0.2, 0.25) is 0 Å². The molecule has 4 rings (SSSR count). The normalized spacial score (nSPS) is 19.1. The van der Waals surface area contributed by atoms with Crippen molar-refractivity contribution in [1.82, 2.24) is 14.6 Å². The van der Waals surface area contributed by atoms with E-state index >= 15 is 0 Å². The summed E-state index contributed by atoms with van der Waals surface area (Å²) in [7, 11) is 0. The minimum atomic E-state index is -0.750. The summed E-state index contributed by atoms with van der Waals surface area (Å²) in [6.45, 7) is 2.02. The van der Waals surface area contributed by atoms with Gasteiger partial charge in [-0.2, -0.15) is 0 Å². The molecule has 0 amide bonds. The van der Waals surface area contributed by atoms with Crippen LogP contribution in [0.5, 0.6) is 0 Å². The number of esters is 1. The first-order valence-corrected chi connectivity index (χ1v) is 9.09. The number of rotatable bonds is 4. The molecule has 3 aromatic rings. The molecule has 1 aliphatic heterocycles. The maximum absolute atomic E-state index is 14.4. The van der Waals surface area contributed by atoms with Gasteiger partial charge in [0.15, 0.2) is 5.82 Å². The van der Waals surface area contributed by atoms with Crippen LogP contribution in [0.15, 0.2) is 30.6 Å². The highest BCUT2D eigenvalue weighted by Crippen LogP contribution is 2.37. The van der Waals surface area contributed by atoms with Crippen molar-refractivity contribution in [3.05, 3.63) is 53.4 Å². The molecule has 2 atom stereocenters. The molecule has 1 aromatic carbocycles. The third-order valence-electron chi connectivity index (χ3n) is 4.91. The van der Waals surface area contributed by atoms with E-state index in [0.717, 1.165) is 18.2 Å². The molecule has 152 valence electrons.